The Morgan fingerprint density at radius 3 is 1.80 bits per heavy atom. The van der Waals surface area contributed by atoms with E-state index in [1.54, 1.807) is 13.8 Å². The lowest BCUT2D eigenvalue weighted by Gasteiger charge is -2.11. The summed E-state index contributed by atoms with van der Waals surface area (Å²) in [6, 6.07) is 15.6. The Labute approximate surface area is 180 Å². The lowest BCUT2D eigenvalue weighted by atomic mass is 10.0. The van der Waals surface area contributed by atoms with E-state index in [9.17, 15) is 9.59 Å². The highest BCUT2D eigenvalue weighted by molar-refractivity contribution is 5.94. The minimum Gasteiger partial charge on any atom is -0.494 e. The molecule has 0 saturated heterocycles. The number of benzene rings is 2. The van der Waals surface area contributed by atoms with Gasteiger partial charge in [0.05, 0.1) is 12.5 Å². The molecule has 0 spiro atoms. The van der Waals surface area contributed by atoms with Crippen LogP contribution in [0.15, 0.2) is 60.8 Å². The van der Waals surface area contributed by atoms with Crippen LogP contribution >= 0.6 is 0 Å². The average molecular weight is 414 g/mol. The lowest BCUT2D eigenvalue weighted by Crippen LogP contribution is -2.21. The van der Waals surface area contributed by atoms with E-state index >= 15 is 0 Å². The number of carbonyl (C=O) groups is 2. The molecule has 0 aliphatic heterocycles. The Morgan fingerprint density at radius 2 is 1.43 bits per heavy atom. The molecule has 0 aliphatic carbocycles. The van der Waals surface area contributed by atoms with Crippen LogP contribution in [0.1, 0.15) is 45.0 Å². The highest BCUT2D eigenvalue weighted by Gasteiger charge is 2.09. The molecule has 0 aliphatic rings. The minimum atomic E-state index is -0.0556. The molecule has 2 aromatic rings. The number of ether oxygens (including phenoxy) is 1. The molecule has 0 fully saturated rings. The van der Waals surface area contributed by atoms with Gasteiger partial charge in [-0.1, -0.05) is 43.0 Å². The summed E-state index contributed by atoms with van der Waals surface area (Å²) in [4.78, 5) is 22.0. The summed E-state index contributed by atoms with van der Waals surface area (Å²) in [5.74, 6) is 1.07. The Balaban J connectivity index is 0.000000600. The molecule has 2 rings (SSSR count). The van der Waals surface area contributed by atoms with Gasteiger partial charge < -0.3 is 15.2 Å². The zero-order valence-electron chi connectivity index (χ0n) is 19.0. The van der Waals surface area contributed by atoms with Gasteiger partial charge in [0, 0.05) is 24.9 Å². The summed E-state index contributed by atoms with van der Waals surface area (Å²) in [5.41, 5.74) is 3.77. The third kappa shape index (κ3) is 9.52. The maximum absolute atomic E-state index is 11.2. The number of hydrogen-bond donors (Lipinski definition) is 2. The number of aliphatic hydroxyl groups is 1. The molecule has 0 aromatic heterocycles. The predicted octanol–water partition coefficient (Wildman–Crippen LogP) is 4.90. The minimum absolute atomic E-state index is 0.0556. The average Bonchev–Trinajstić information content (AvgIpc) is 2.76. The van der Waals surface area contributed by atoms with E-state index in [0.717, 1.165) is 41.8 Å². The van der Waals surface area contributed by atoms with Crippen molar-refractivity contribution in [2.24, 2.45) is 5.92 Å². The second-order valence-corrected chi connectivity index (χ2v) is 6.48. The molecule has 1 unspecified atom stereocenters. The van der Waals surface area contributed by atoms with Crippen molar-refractivity contribution in [1.82, 2.24) is 5.32 Å². The number of allylic oxidation sites excluding steroid dienone is 1. The maximum Gasteiger partial charge on any atom is 0.159 e. The molecule has 0 bridgehead atoms. The van der Waals surface area contributed by atoms with E-state index in [0.29, 0.717) is 6.61 Å². The predicted molar refractivity (Wildman–Crippen MR) is 124 cm³/mol. The molecular weight excluding hydrogens is 378 g/mol. The first-order valence-corrected chi connectivity index (χ1v) is 10.0. The number of nitrogens with one attached hydrogen (secondary N) is 1. The van der Waals surface area contributed by atoms with Crippen molar-refractivity contribution in [3.63, 3.8) is 0 Å². The van der Waals surface area contributed by atoms with Gasteiger partial charge in [0.25, 0.3) is 0 Å². The van der Waals surface area contributed by atoms with E-state index in [1.165, 1.54) is 0 Å². The molecular formula is C25H35NO4. The van der Waals surface area contributed by atoms with Gasteiger partial charge in [-0.15, -0.1) is 0 Å². The molecule has 5 nitrogen and oxygen atoms in total. The third-order valence-electron chi connectivity index (χ3n) is 4.33. The van der Waals surface area contributed by atoms with Crippen molar-refractivity contribution in [2.45, 2.75) is 34.6 Å². The Bertz CT molecular complexity index is 780. The van der Waals surface area contributed by atoms with Crippen LogP contribution in [0.2, 0.25) is 0 Å². The molecule has 2 aromatic carbocycles. The fourth-order valence-electron chi connectivity index (χ4n) is 2.43. The first-order valence-electron chi connectivity index (χ1n) is 10.0. The first kappa shape index (κ1) is 27.1. The van der Waals surface area contributed by atoms with Gasteiger partial charge in [-0.3, -0.25) is 9.59 Å². The second kappa shape index (κ2) is 15.0. The first-order chi connectivity index (χ1) is 14.3. The van der Waals surface area contributed by atoms with E-state index in [1.807, 2.05) is 69.3 Å². The highest BCUT2D eigenvalue weighted by Crippen LogP contribution is 2.22. The fraction of sp³-hybridized carbons (Fsp3) is 0.360. The normalized spacial score (nSPS) is 10.4. The third-order valence-corrected chi connectivity index (χ3v) is 4.33. The summed E-state index contributed by atoms with van der Waals surface area (Å²) >= 11 is 0. The van der Waals surface area contributed by atoms with Crippen LogP contribution < -0.4 is 10.1 Å². The molecule has 164 valence electrons. The van der Waals surface area contributed by atoms with Gasteiger partial charge in [0.1, 0.15) is 11.5 Å². The summed E-state index contributed by atoms with van der Waals surface area (Å²) in [6.07, 6.45) is 0. The Kier molecular flexibility index (Phi) is 13.5. The zero-order valence-corrected chi connectivity index (χ0v) is 19.0. The fourth-order valence-corrected chi connectivity index (χ4v) is 2.43. The number of aliphatic hydroxyl groups excluding tert-OH is 1. The summed E-state index contributed by atoms with van der Waals surface area (Å²) in [5, 5.41) is 10.0. The standard InChI is InChI=1S/C16H16O2.C8H15NO.CH4O/c1-3-18-16-10-8-15(9-11-16)14-6-4-13(5-7-14)12(2)17;1-5-9-7(3)6(2)8(4)10;1-2/h4-11H,3H2,1-2H3;6,9H,3,5H2,1-2,4H3;2H,1H3. The summed E-state index contributed by atoms with van der Waals surface area (Å²) < 4.78 is 5.40. The number of carbonyl (C=O) groups excluding carboxylic acids is 2. The molecule has 0 amide bonds. The summed E-state index contributed by atoms with van der Waals surface area (Å²) in [7, 11) is 1.00. The molecule has 30 heavy (non-hydrogen) atoms. The molecule has 0 heterocycles. The van der Waals surface area contributed by atoms with E-state index in [4.69, 9.17) is 9.84 Å². The van der Waals surface area contributed by atoms with Crippen LogP contribution in [0.4, 0.5) is 0 Å². The van der Waals surface area contributed by atoms with Gasteiger partial charge in [-0.05, 0) is 57.9 Å². The lowest BCUT2D eigenvalue weighted by molar-refractivity contribution is -0.119. The van der Waals surface area contributed by atoms with Crippen LogP contribution in [-0.4, -0.2) is 36.9 Å². The monoisotopic (exact) mass is 413 g/mol. The Morgan fingerprint density at radius 1 is 0.967 bits per heavy atom. The molecule has 0 saturated carbocycles. The van der Waals surface area contributed by atoms with Crippen molar-refractivity contribution in [1.29, 1.82) is 0 Å². The maximum atomic E-state index is 11.2. The van der Waals surface area contributed by atoms with E-state index in [2.05, 4.69) is 11.9 Å². The van der Waals surface area contributed by atoms with Crippen LogP contribution in [0.25, 0.3) is 11.1 Å². The highest BCUT2D eigenvalue weighted by atomic mass is 16.5. The molecule has 0 radical (unpaired) electrons. The van der Waals surface area contributed by atoms with Crippen LogP contribution in [-0.2, 0) is 4.79 Å². The van der Waals surface area contributed by atoms with Crippen LogP contribution in [0, 0.1) is 5.92 Å². The molecule has 2 N–H and O–H groups in total. The van der Waals surface area contributed by atoms with Crippen molar-refractivity contribution in [2.75, 3.05) is 20.3 Å². The summed E-state index contributed by atoms with van der Waals surface area (Å²) in [6.45, 7) is 14.2. The number of hydrogen-bond acceptors (Lipinski definition) is 5. The van der Waals surface area contributed by atoms with Gasteiger partial charge in [-0.25, -0.2) is 0 Å². The largest absolute Gasteiger partial charge is 0.494 e. The van der Waals surface area contributed by atoms with Gasteiger partial charge in [0.2, 0.25) is 0 Å². The van der Waals surface area contributed by atoms with E-state index in [-0.39, 0.29) is 17.5 Å². The SMILES string of the molecule is C=C(NCC)C(C)C(C)=O.CCOc1ccc(-c2ccc(C(C)=O)cc2)cc1.CO. The van der Waals surface area contributed by atoms with Crippen molar-refractivity contribution >= 4 is 11.6 Å². The van der Waals surface area contributed by atoms with Crippen molar-refractivity contribution < 1.29 is 19.4 Å². The second-order valence-electron chi connectivity index (χ2n) is 6.48. The van der Waals surface area contributed by atoms with Gasteiger partial charge in [0.15, 0.2) is 5.78 Å². The Hall–Kier alpha value is -2.92. The van der Waals surface area contributed by atoms with Gasteiger partial charge >= 0.3 is 0 Å². The smallest absolute Gasteiger partial charge is 0.159 e. The van der Waals surface area contributed by atoms with Crippen molar-refractivity contribution in [3.05, 3.63) is 66.4 Å². The quantitative estimate of drug-likeness (QED) is 0.602. The number of rotatable bonds is 8. The molecule has 1 atom stereocenters. The molecule has 5 heteroatoms. The topological polar surface area (TPSA) is 75.6 Å². The van der Waals surface area contributed by atoms with Gasteiger partial charge in [-0.2, -0.15) is 0 Å². The number of ketones is 2. The zero-order chi connectivity index (χ0) is 23.1. The van der Waals surface area contributed by atoms with E-state index < -0.39 is 0 Å². The van der Waals surface area contributed by atoms with Crippen LogP contribution in [0.5, 0.6) is 5.75 Å². The van der Waals surface area contributed by atoms with Crippen LogP contribution in [0.3, 0.4) is 0 Å². The number of Topliss-reactive ketones (excluding diaryl/α,β-unsaturated/α-hetero) is 2. The van der Waals surface area contributed by atoms with Crippen molar-refractivity contribution in [3.8, 4) is 16.9 Å².